The number of hydrogen-bond acceptors (Lipinski definition) is 5. The molecule has 23 heavy (non-hydrogen) atoms. The molecule has 0 bridgehead atoms. The smallest absolute Gasteiger partial charge is 0.338 e. The number of benzene rings is 1. The lowest BCUT2D eigenvalue weighted by Gasteiger charge is -2.28. The molecular weight excluding hydrogens is 310 g/mol. The van der Waals surface area contributed by atoms with Gasteiger partial charge in [-0.25, -0.2) is 4.79 Å². The number of aliphatic carboxylic acids is 1. The van der Waals surface area contributed by atoms with E-state index >= 15 is 0 Å². The molecule has 0 heterocycles. The molecule has 0 amide bonds. The Morgan fingerprint density at radius 2 is 1.65 bits per heavy atom. The van der Waals surface area contributed by atoms with Crippen molar-refractivity contribution in [2.45, 2.75) is 45.1 Å². The van der Waals surface area contributed by atoms with Crippen molar-refractivity contribution in [1.82, 2.24) is 0 Å². The lowest BCUT2D eigenvalue weighted by Crippen LogP contribution is -2.45. The molecule has 128 valence electrons. The molecule has 0 aliphatic rings. The van der Waals surface area contributed by atoms with Crippen LogP contribution in [0.1, 0.15) is 44.0 Å². The first-order chi connectivity index (χ1) is 10.6. The minimum atomic E-state index is -4.22. The highest BCUT2D eigenvalue weighted by Crippen LogP contribution is 2.24. The van der Waals surface area contributed by atoms with Crippen molar-refractivity contribution in [3.05, 3.63) is 29.8 Å². The zero-order valence-corrected chi connectivity index (χ0v) is 13.2. The number of alkyl halides is 2. The van der Waals surface area contributed by atoms with Crippen molar-refractivity contribution < 1.29 is 33.0 Å². The zero-order chi connectivity index (χ0) is 17.7. The molecule has 0 aliphatic carbocycles. The fourth-order valence-corrected chi connectivity index (χ4v) is 1.64. The third-order valence-electron chi connectivity index (χ3n) is 3.63. The lowest BCUT2D eigenvalue weighted by molar-refractivity contribution is -0.331. The summed E-state index contributed by atoms with van der Waals surface area (Å²) < 4.78 is 35.7. The first-order valence-electron chi connectivity index (χ1n) is 7.19. The normalized spacial score (nSPS) is 11.9. The van der Waals surface area contributed by atoms with Gasteiger partial charge in [0.15, 0.2) is 6.61 Å². The van der Waals surface area contributed by atoms with E-state index in [2.05, 4.69) is 4.74 Å². The maximum atomic E-state index is 12.8. The second-order valence-corrected chi connectivity index (χ2v) is 5.35. The van der Waals surface area contributed by atoms with Crippen LogP contribution < -0.4 is 9.84 Å². The highest BCUT2D eigenvalue weighted by Gasteiger charge is 2.33. The van der Waals surface area contributed by atoms with E-state index in [0.717, 1.165) is 12.8 Å². The number of carbonyl (C=O) groups excluding carboxylic acids is 2. The molecule has 0 N–H and O–H groups in total. The fourth-order valence-electron chi connectivity index (χ4n) is 1.64. The molecule has 0 aliphatic heterocycles. The van der Waals surface area contributed by atoms with Gasteiger partial charge in [-0.05, 0) is 44.0 Å². The minimum absolute atomic E-state index is 0.0150. The Bertz CT molecular complexity index is 550. The molecular formula is C16H19F2O5-. The van der Waals surface area contributed by atoms with Crippen molar-refractivity contribution in [2.24, 2.45) is 0 Å². The van der Waals surface area contributed by atoms with Gasteiger partial charge in [0.2, 0.25) is 0 Å². The van der Waals surface area contributed by atoms with Crippen LogP contribution in [0.25, 0.3) is 0 Å². The van der Waals surface area contributed by atoms with Crippen LogP contribution in [0, 0.1) is 0 Å². The van der Waals surface area contributed by atoms with E-state index in [1.54, 1.807) is 0 Å². The number of ether oxygens (including phenoxy) is 2. The van der Waals surface area contributed by atoms with E-state index in [4.69, 9.17) is 4.74 Å². The van der Waals surface area contributed by atoms with Gasteiger partial charge in [0.05, 0.1) is 5.56 Å². The second-order valence-electron chi connectivity index (χ2n) is 5.35. The summed E-state index contributed by atoms with van der Waals surface area (Å²) in [6.45, 7) is 4.37. The summed E-state index contributed by atoms with van der Waals surface area (Å²) in [5, 5.41) is 10.1. The van der Waals surface area contributed by atoms with Gasteiger partial charge in [-0.1, -0.05) is 13.8 Å². The van der Waals surface area contributed by atoms with Crippen LogP contribution in [0.5, 0.6) is 5.75 Å². The lowest BCUT2D eigenvalue weighted by atomic mass is 10.00. The van der Waals surface area contributed by atoms with E-state index in [1.807, 2.05) is 20.8 Å². The SMILES string of the molecule is CCC(C)(CC)Oc1ccc(C(=O)OCC(F)(F)C(=O)[O-])cc1. The third-order valence-corrected chi connectivity index (χ3v) is 3.63. The van der Waals surface area contributed by atoms with Gasteiger partial charge in [0.25, 0.3) is 0 Å². The van der Waals surface area contributed by atoms with E-state index in [9.17, 15) is 23.5 Å². The summed E-state index contributed by atoms with van der Waals surface area (Å²) in [4.78, 5) is 21.7. The molecule has 0 spiro atoms. The molecule has 0 unspecified atom stereocenters. The summed E-state index contributed by atoms with van der Waals surface area (Å²) in [5.74, 6) is -7.32. The highest BCUT2D eigenvalue weighted by molar-refractivity contribution is 5.89. The predicted octanol–water partition coefficient (Wildman–Crippen LogP) is 2.19. The number of rotatable bonds is 8. The van der Waals surface area contributed by atoms with Gasteiger partial charge in [-0.15, -0.1) is 0 Å². The fraction of sp³-hybridized carbons (Fsp3) is 0.500. The second kappa shape index (κ2) is 7.39. The maximum absolute atomic E-state index is 12.8. The average Bonchev–Trinajstić information content (AvgIpc) is 2.53. The zero-order valence-electron chi connectivity index (χ0n) is 13.2. The van der Waals surface area contributed by atoms with Crippen LogP contribution in [0.15, 0.2) is 24.3 Å². The molecule has 1 rings (SSSR count). The van der Waals surface area contributed by atoms with E-state index in [1.165, 1.54) is 24.3 Å². The number of carboxylic acid groups (broad SMARTS) is 1. The van der Waals surface area contributed by atoms with Gasteiger partial charge >= 0.3 is 11.9 Å². The minimum Gasteiger partial charge on any atom is -0.544 e. The molecule has 0 radical (unpaired) electrons. The van der Waals surface area contributed by atoms with Gasteiger partial charge in [-0.3, -0.25) is 0 Å². The van der Waals surface area contributed by atoms with E-state index < -0.39 is 24.5 Å². The van der Waals surface area contributed by atoms with Crippen LogP contribution in [0.4, 0.5) is 8.78 Å². The summed E-state index contributed by atoms with van der Waals surface area (Å²) in [7, 11) is 0. The highest BCUT2D eigenvalue weighted by atomic mass is 19.3. The summed E-state index contributed by atoms with van der Waals surface area (Å²) in [6.07, 6.45) is 1.59. The molecule has 0 aromatic heterocycles. The van der Waals surface area contributed by atoms with Gasteiger partial charge in [0.1, 0.15) is 17.3 Å². The van der Waals surface area contributed by atoms with E-state index in [0.29, 0.717) is 5.75 Å². The van der Waals surface area contributed by atoms with Gasteiger partial charge in [-0.2, -0.15) is 8.78 Å². The van der Waals surface area contributed by atoms with Crippen molar-refractivity contribution in [3.63, 3.8) is 0 Å². The number of carbonyl (C=O) groups is 2. The molecule has 5 nitrogen and oxygen atoms in total. The number of carboxylic acids is 1. The maximum Gasteiger partial charge on any atom is 0.338 e. The largest absolute Gasteiger partial charge is 0.544 e. The first kappa shape index (κ1) is 18.9. The summed E-state index contributed by atoms with van der Waals surface area (Å²) >= 11 is 0. The molecule has 7 heteroatoms. The predicted molar refractivity (Wildman–Crippen MR) is 76.3 cm³/mol. The van der Waals surface area contributed by atoms with Crippen LogP contribution in [-0.4, -0.2) is 30.1 Å². The topological polar surface area (TPSA) is 75.7 Å². The Labute approximate surface area is 133 Å². The number of hydrogen-bond donors (Lipinski definition) is 0. The molecule has 0 fully saturated rings. The average molecular weight is 329 g/mol. The standard InChI is InChI=1S/C16H20F2O5/c1-4-15(3,5-2)23-12-8-6-11(7-9-12)13(19)22-10-16(17,18)14(20)21/h6-9H,4-5,10H2,1-3H3,(H,20,21)/p-1. The van der Waals surface area contributed by atoms with Gasteiger partial charge in [0, 0.05) is 0 Å². The van der Waals surface area contributed by atoms with E-state index in [-0.39, 0.29) is 11.2 Å². The quantitative estimate of drug-likeness (QED) is 0.683. The van der Waals surface area contributed by atoms with Crippen LogP contribution >= 0.6 is 0 Å². The summed E-state index contributed by atoms with van der Waals surface area (Å²) in [6, 6.07) is 5.77. The Hall–Kier alpha value is -2.18. The summed E-state index contributed by atoms with van der Waals surface area (Å²) in [5.41, 5.74) is -0.320. The Morgan fingerprint density at radius 1 is 1.13 bits per heavy atom. The molecule has 0 saturated heterocycles. The molecule has 1 aromatic carbocycles. The Kier molecular flexibility index (Phi) is 6.06. The number of halogens is 2. The van der Waals surface area contributed by atoms with Crippen molar-refractivity contribution in [3.8, 4) is 5.75 Å². The van der Waals surface area contributed by atoms with Crippen molar-refractivity contribution in [1.29, 1.82) is 0 Å². The van der Waals surface area contributed by atoms with Gasteiger partial charge < -0.3 is 19.4 Å². The van der Waals surface area contributed by atoms with Crippen LogP contribution in [-0.2, 0) is 9.53 Å². The first-order valence-corrected chi connectivity index (χ1v) is 7.19. The third kappa shape index (κ3) is 5.19. The van der Waals surface area contributed by atoms with Crippen LogP contribution in [0.2, 0.25) is 0 Å². The van der Waals surface area contributed by atoms with Crippen LogP contribution in [0.3, 0.4) is 0 Å². The molecule has 0 saturated carbocycles. The van der Waals surface area contributed by atoms with Crippen molar-refractivity contribution >= 4 is 11.9 Å². The number of esters is 1. The molecule has 0 atom stereocenters. The Morgan fingerprint density at radius 3 is 2.09 bits per heavy atom. The van der Waals surface area contributed by atoms with Crippen molar-refractivity contribution in [2.75, 3.05) is 6.61 Å². The molecule has 1 aromatic rings. The Balaban J connectivity index is 2.69. The monoisotopic (exact) mass is 329 g/mol.